The molecule has 1 fully saturated rings. The Morgan fingerprint density at radius 3 is 2.58 bits per heavy atom. The predicted octanol–water partition coefficient (Wildman–Crippen LogP) is 5.54. The predicted molar refractivity (Wildman–Crippen MR) is 125 cm³/mol. The van der Waals surface area contributed by atoms with E-state index in [1.807, 2.05) is 23.9 Å². The summed E-state index contributed by atoms with van der Waals surface area (Å²) in [4.78, 5) is 19.1. The molecule has 0 radical (unpaired) electrons. The first-order chi connectivity index (χ1) is 14.9. The molecule has 0 atom stereocenters. The van der Waals surface area contributed by atoms with E-state index in [2.05, 4.69) is 34.6 Å². The van der Waals surface area contributed by atoms with Gasteiger partial charge in [-0.2, -0.15) is 0 Å². The van der Waals surface area contributed by atoms with E-state index < -0.39 is 0 Å². The van der Waals surface area contributed by atoms with Crippen LogP contribution in [-0.2, 0) is 10.5 Å². The van der Waals surface area contributed by atoms with Crippen molar-refractivity contribution in [1.29, 1.82) is 0 Å². The van der Waals surface area contributed by atoms with Gasteiger partial charge in [0.15, 0.2) is 5.13 Å². The van der Waals surface area contributed by atoms with Crippen LogP contribution in [0.3, 0.4) is 0 Å². The minimum atomic E-state index is -0.0372. The second kappa shape index (κ2) is 9.48. The van der Waals surface area contributed by atoms with Crippen molar-refractivity contribution in [3.05, 3.63) is 39.9 Å². The van der Waals surface area contributed by atoms with E-state index in [0.29, 0.717) is 16.9 Å². The van der Waals surface area contributed by atoms with Crippen LogP contribution in [0.5, 0.6) is 0 Å². The molecule has 0 aliphatic heterocycles. The number of hydrogen-bond donors (Lipinski definition) is 0. The summed E-state index contributed by atoms with van der Waals surface area (Å²) in [5.74, 6) is 0.631. The van der Waals surface area contributed by atoms with Gasteiger partial charge in [0.2, 0.25) is 11.1 Å². The maximum absolute atomic E-state index is 12.6. The highest BCUT2D eigenvalue weighted by Crippen LogP contribution is 2.36. The molecule has 9 heteroatoms. The number of aromatic nitrogens is 5. The molecule has 1 aliphatic carbocycles. The van der Waals surface area contributed by atoms with Crippen molar-refractivity contribution in [2.24, 2.45) is 0 Å². The van der Waals surface area contributed by atoms with E-state index in [9.17, 15) is 4.79 Å². The number of aryl methyl sites for hydroxylation is 3. The molecule has 1 amide bonds. The maximum Gasteiger partial charge on any atom is 0.230 e. The van der Waals surface area contributed by atoms with E-state index in [1.165, 1.54) is 36.2 Å². The summed E-state index contributed by atoms with van der Waals surface area (Å²) in [6.45, 7) is 7.75. The number of anilines is 2. The first-order valence-corrected chi connectivity index (χ1v) is 12.5. The van der Waals surface area contributed by atoms with Gasteiger partial charge in [0.25, 0.3) is 0 Å². The largest absolute Gasteiger partial charge is 0.274 e. The fraction of sp³-hybridized carbons (Fsp3) is 0.500. The summed E-state index contributed by atoms with van der Waals surface area (Å²) in [6, 6.07) is 4.61. The van der Waals surface area contributed by atoms with Crippen molar-refractivity contribution < 1.29 is 4.79 Å². The lowest BCUT2D eigenvalue weighted by atomic mass is 9.96. The molecule has 31 heavy (non-hydrogen) atoms. The zero-order chi connectivity index (χ0) is 22.0. The van der Waals surface area contributed by atoms with Crippen LogP contribution in [0.4, 0.5) is 10.8 Å². The average Bonchev–Trinajstić information content (AvgIpc) is 3.38. The number of rotatable bonds is 6. The Kier molecular flexibility index (Phi) is 6.71. The van der Waals surface area contributed by atoms with Gasteiger partial charge in [-0.15, -0.1) is 16.4 Å². The van der Waals surface area contributed by atoms with Crippen LogP contribution < -0.4 is 4.90 Å². The van der Waals surface area contributed by atoms with Crippen LogP contribution in [-0.4, -0.2) is 31.1 Å². The zero-order valence-corrected chi connectivity index (χ0v) is 20.1. The third-order valence-corrected chi connectivity index (χ3v) is 7.48. The van der Waals surface area contributed by atoms with Crippen molar-refractivity contribution in [2.45, 2.75) is 76.8 Å². The molecular weight excluding hydrogens is 428 g/mol. The molecule has 1 aromatic carbocycles. The quantitative estimate of drug-likeness (QED) is 0.454. The Morgan fingerprint density at radius 2 is 1.90 bits per heavy atom. The minimum Gasteiger partial charge on any atom is -0.274 e. The number of carbonyl (C=O) groups is 1. The second-order valence-electron chi connectivity index (χ2n) is 8.21. The van der Waals surface area contributed by atoms with Crippen molar-refractivity contribution in [2.75, 3.05) is 4.90 Å². The molecule has 1 aliphatic rings. The number of tetrazole rings is 1. The van der Waals surface area contributed by atoms with Gasteiger partial charge in [0, 0.05) is 18.1 Å². The Morgan fingerprint density at radius 1 is 1.19 bits per heavy atom. The molecule has 2 heterocycles. The molecule has 4 rings (SSSR count). The molecule has 0 bridgehead atoms. The lowest BCUT2D eigenvalue weighted by Crippen LogP contribution is -2.24. The molecule has 0 N–H and O–H groups in total. The summed E-state index contributed by atoms with van der Waals surface area (Å²) in [5, 5.41) is 15.9. The van der Waals surface area contributed by atoms with Gasteiger partial charge < -0.3 is 0 Å². The van der Waals surface area contributed by atoms with Crippen molar-refractivity contribution in [3.8, 4) is 0 Å². The normalized spacial score (nSPS) is 14.7. The van der Waals surface area contributed by atoms with E-state index in [1.54, 1.807) is 23.6 Å². The standard InChI is InChI=1S/C22H28N6OS2/c1-14-10-15(2)20(16(3)11-14)27(17(4)29)21-23-18(12-30-21)13-31-22-24-25-26-28(22)19-8-6-5-7-9-19/h10-12,19H,5-9,13H2,1-4H3. The van der Waals surface area contributed by atoms with E-state index in [4.69, 9.17) is 4.98 Å². The lowest BCUT2D eigenvalue weighted by Gasteiger charge is -2.23. The summed E-state index contributed by atoms with van der Waals surface area (Å²) >= 11 is 3.10. The fourth-order valence-electron chi connectivity index (χ4n) is 4.35. The number of hydrogen-bond acceptors (Lipinski definition) is 7. The lowest BCUT2D eigenvalue weighted by molar-refractivity contribution is -0.115. The van der Waals surface area contributed by atoms with Gasteiger partial charge in [-0.25, -0.2) is 9.67 Å². The van der Waals surface area contributed by atoms with Crippen LogP contribution in [0, 0.1) is 20.8 Å². The minimum absolute atomic E-state index is 0.0372. The number of amides is 1. The summed E-state index contributed by atoms with van der Waals surface area (Å²) in [7, 11) is 0. The molecule has 0 unspecified atom stereocenters. The first kappa shape index (κ1) is 22.0. The van der Waals surface area contributed by atoms with Crippen LogP contribution in [0.15, 0.2) is 22.7 Å². The summed E-state index contributed by atoms with van der Waals surface area (Å²) < 4.78 is 1.98. The van der Waals surface area contributed by atoms with Gasteiger partial charge in [-0.3, -0.25) is 9.69 Å². The van der Waals surface area contributed by atoms with Crippen LogP contribution in [0.1, 0.15) is 67.5 Å². The smallest absolute Gasteiger partial charge is 0.230 e. The van der Waals surface area contributed by atoms with Gasteiger partial charge >= 0.3 is 0 Å². The van der Waals surface area contributed by atoms with E-state index in [-0.39, 0.29) is 5.91 Å². The van der Waals surface area contributed by atoms with Gasteiger partial charge in [-0.05, 0) is 55.2 Å². The van der Waals surface area contributed by atoms with Gasteiger partial charge in [0.05, 0.1) is 17.4 Å². The topological polar surface area (TPSA) is 76.8 Å². The molecule has 164 valence electrons. The molecule has 0 spiro atoms. The first-order valence-electron chi connectivity index (χ1n) is 10.7. The van der Waals surface area contributed by atoms with Crippen LogP contribution >= 0.6 is 23.1 Å². The van der Waals surface area contributed by atoms with Gasteiger partial charge in [-0.1, -0.05) is 48.7 Å². The molecule has 7 nitrogen and oxygen atoms in total. The number of nitrogens with zero attached hydrogens (tertiary/aromatic N) is 6. The van der Waals surface area contributed by atoms with E-state index in [0.717, 1.165) is 40.5 Å². The van der Waals surface area contributed by atoms with Crippen molar-refractivity contribution in [3.63, 3.8) is 0 Å². The number of carbonyl (C=O) groups excluding carboxylic acids is 1. The van der Waals surface area contributed by atoms with E-state index >= 15 is 0 Å². The highest BCUT2D eigenvalue weighted by atomic mass is 32.2. The third kappa shape index (κ3) is 4.82. The number of thioether (sulfide) groups is 1. The molecule has 3 aromatic rings. The SMILES string of the molecule is CC(=O)N(c1nc(CSc2nnnn2C2CCCCC2)cs1)c1c(C)cc(C)cc1C. The van der Waals surface area contributed by atoms with Crippen molar-refractivity contribution >= 4 is 39.8 Å². The molecule has 2 aromatic heterocycles. The van der Waals surface area contributed by atoms with Crippen molar-refractivity contribution in [1.82, 2.24) is 25.2 Å². The van der Waals surface area contributed by atoms with Crippen LogP contribution in [0.2, 0.25) is 0 Å². The second-order valence-corrected chi connectivity index (χ2v) is 9.99. The average molecular weight is 457 g/mol. The Balaban J connectivity index is 1.52. The fourth-order valence-corrected chi connectivity index (χ4v) is 6.17. The monoisotopic (exact) mass is 456 g/mol. The highest BCUT2D eigenvalue weighted by molar-refractivity contribution is 7.98. The molecular formula is C22H28N6OS2. The van der Waals surface area contributed by atoms with Crippen LogP contribution in [0.25, 0.3) is 0 Å². The Bertz CT molecular complexity index is 1050. The zero-order valence-electron chi connectivity index (χ0n) is 18.5. The third-order valence-electron chi connectivity index (χ3n) is 5.64. The number of benzene rings is 1. The summed E-state index contributed by atoms with van der Waals surface area (Å²) in [6.07, 6.45) is 6.06. The maximum atomic E-state index is 12.6. The Labute approximate surface area is 191 Å². The van der Waals surface area contributed by atoms with Gasteiger partial charge in [0.1, 0.15) is 0 Å². The highest BCUT2D eigenvalue weighted by Gasteiger charge is 2.23. The number of thiazole rings is 1. The summed E-state index contributed by atoms with van der Waals surface area (Å²) in [5.41, 5.74) is 5.19. The molecule has 0 saturated heterocycles. The Hall–Kier alpha value is -2.26. The molecule has 1 saturated carbocycles.